The zero-order valence-corrected chi connectivity index (χ0v) is 8.76. The lowest BCUT2D eigenvalue weighted by Crippen LogP contribution is -2.36. The van der Waals surface area contributed by atoms with Gasteiger partial charge in [-0.2, -0.15) is 0 Å². The van der Waals surface area contributed by atoms with Crippen LogP contribution >= 0.6 is 0 Å². The largest absolute Gasteiger partial charge is 0.463 e. The van der Waals surface area contributed by atoms with E-state index < -0.39 is 0 Å². The van der Waals surface area contributed by atoms with Crippen LogP contribution in [0, 0.1) is 0 Å². The van der Waals surface area contributed by atoms with E-state index in [1.54, 1.807) is 7.11 Å². The third-order valence-electron chi connectivity index (χ3n) is 2.27. The summed E-state index contributed by atoms with van der Waals surface area (Å²) in [5.74, 6) is 0. The molecule has 2 N–H and O–H groups in total. The molecule has 0 saturated carbocycles. The molecular formula is C9H18N2O2. The molecule has 13 heavy (non-hydrogen) atoms. The van der Waals surface area contributed by atoms with Crippen molar-refractivity contribution in [3.63, 3.8) is 0 Å². The van der Waals surface area contributed by atoms with Crippen molar-refractivity contribution in [2.75, 3.05) is 13.7 Å². The monoisotopic (exact) mass is 186 g/mol. The number of methoxy groups -OCH3 is 1. The lowest BCUT2D eigenvalue weighted by atomic mass is 9.89. The van der Waals surface area contributed by atoms with Crippen LogP contribution in [0.25, 0.3) is 0 Å². The summed E-state index contributed by atoms with van der Waals surface area (Å²) in [6.45, 7) is 6.63. The van der Waals surface area contributed by atoms with Gasteiger partial charge in [-0.15, -0.1) is 0 Å². The summed E-state index contributed by atoms with van der Waals surface area (Å²) >= 11 is 0. The van der Waals surface area contributed by atoms with Crippen LogP contribution in [0.15, 0.2) is 4.99 Å². The van der Waals surface area contributed by atoms with Gasteiger partial charge in [0.2, 0.25) is 0 Å². The molecule has 0 amide bonds. The molecular weight excluding hydrogens is 168 g/mol. The Bertz CT molecular complexity index is 226. The van der Waals surface area contributed by atoms with E-state index in [1.807, 2.05) is 20.8 Å². The van der Waals surface area contributed by atoms with E-state index in [-0.39, 0.29) is 17.2 Å². The summed E-state index contributed by atoms with van der Waals surface area (Å²) in [7, 11) is 1.70. The first kappa shape index (κ1) is 10.3. The number of nitrogens with zero attached hydrogens (tertiary/aromatic N) is 1. The maximum absolute atomic E-state index is 5.46. The predicted octanol–water partition coefficient (Wildman–Crippen LogP) is 0.905. The van der Waals surface area contributed by atoms with Gasteiger partial charge in [0, 0.05) is 13.5 Å². The lowest BCUT2D eigenvalue weighted by Gasteiger charge is -2.30. The van der Waals surface area contributed by atoms with E-state index in [1.165, 1.54) is 0 Å². The molecule has 4 nitrogen and oxygen atoms in total. The normalized spacial score (nSPS) is 28.5. The van der Waals surface area contributed by atoms with Gasteiger partial charge in [-0.1, -0.05) is 0 Å². The molecule has 4 heteroatoms. The second-order valence-electron chi connectivity index (χ2n) is 4.38. The summed E-state index contributed by atoms with van der Waals surface area (Å²) in [4.78, 5) is 4.25. The number of nitrogens with two attached hydrogens (primary N) is 1. The fourth-order valence-corrected chi connectivity index (χ4v) is 1.64. The van der Waals surface area contributed by atoms with Crippen LogP contribution in [0.1, 0.15) is 27.2 Å². The van der Waals surface area contributed by atoms with Gasteiger partial charge in [0.25, 0.3) is 6.02 Å². The van der Waals surface area contributed by atoms with Crippen molar-refractivity contribution in [2.45, 2.75) is 38.3 Å². The molecule has 1 atom stereocenters. The first-order valence-electron chi connectivity index (χ1n) is 4.40. The second-order valence-corrected chi connectivity index (χ2v) is 4.38. The van der Waals surface area contributed by atoms with E-state index in [0.29, 0.717) is 6.61 Å². The van der Waals surface area contributed by atoms with E-state index in [0.717, 1.165) is 6.42 Å². The Labute approximate surface area is 79.1 Å². The van der Waals surface area contributed by atoms with E-state index >= 15 is 0 Å². The summed E-state index contributed by atoms with van der Waals surface area (Å²) in [6, 6.07) is 0.286. The third-order valence-corrected chi connectivity index (χ3v) is 2.27. The fourth-order valence-electron chi connectivity index (χ4n) is 1.64. The molecule has 0 saturated heterocycles. The molecule has 1 aliphatic heterocycles. The van der Waals surface area contributed by atoms with Crippen molar-refractivity contribution < 1.29 is 9.47 Å². The van der Waals surface area contributed by atoms with Crippen LogP contribution < -0.4 is 5.73 Å². The quantitative estimate of drug-likeness (QED) is 0.712. The summed E-state index contributed by atoms with van der Waals surface area (Å²) in [6.07, 6.45) is 0.803. The Balaban J connectivity index is 2.63. The number of aliphatic imine (C=N–C) groups is 1. The molecule has 0 aromatic rings. The van der Waals surface area contributed by atoms with E-state index in [4.69, 9.17) is 15.2 Å². The van der Waals surface area contributed by atoms with Crippen LogP contribution in [0.2, 0.25) is 0 Å². The van der Waals surface area contributed by atoms with Crippen molar-refractivity contribution >= 4 is 6.02 Å². The Morgan fingerprint density at radius 1 is 1.69 bits per heavy atom. The fraction of sp³-hybridized carbons (Fsp3) is 0.889. The number of hydrogen-bond donors (Lipinski definition) is 1. The average Bonchev–Trinajstić information content (AvgIpc) is 2.30. The van der Waals surface area contributed by atoms with Crippen molar-refractivity contribution in [1.29, 1.82) is 0 Å². The van der Waals surface area contributed by atoms with Crippen LogP contribution in [0.4, 0.5) is 0 Å². The first-order chi connectivity index (χ1) is 5.87. The van der Waals surface area contributed by atoms with Crippen LogP contribution in [-0.4, -0.2) is 30.9 Å². The minimum absolute atomic E-state index is 0.188. The van der Waals surface area contributed by atoms with Crippen LogP contribution in [-0.2, 0) is 9.47 Å². The summed E-state index contributed by atoms with van der Waals surface area (Å²) < 4.78 is 10.5. The Kier molecular flexibility index (Phi) is 2.52. The highest BCUT2D eigenvalue weighted by Crippen LogP contribution is 2.29. The van der Waals surface area contributed by atoms with Crippen molar-refractivity contribution in [3.8, 4) is 0 Å². The molecule has 0 aromatic heterocycles. The number of hydrogen-bond acceptors (Lipinski definition) is 4. The molecule has 0 fully saturated rings. The number of ether oxygens (including phenoxy) is 2. The lowest BCUT2D eigenvalue weighted by molar-refractivity contribution is -0.00347. The molecule has 0 bridgehead atoms. The highest BCUT2D eigenvalue weighted by atomic mass is 16.5. The maximum Gasteiger partial charge on any atom is 0.282 e. The van der Waals surface area contributed by atoms with Gasteiger partial charge in [-0.25, -0.2) is 4.99 Å². The average molecular weight is 186 g/mol. The number of rotatable bonds is 3. The Morgan fingerprint density at radius 2 is 2.31 bits per heavy atom. The molecule has 1 aliphatic rings. The minimum Gasteiger partial charge on any atom is -0.463 e. The van der Waals surface area contributed by atoms with Gasteiger partial charge in [0.05, 0.1) is 5.60 Å². The minimum atomic E-state index is -0.233. The Morgan fingerprint density at radius 3 is 2.69 bits per heavy atom. The van der Waals surface area contributed by atoms with Gasteiger partial charge in [0.15, 0.2) is 0 Å². The second kappa shape index (κ2) is 3.18. The molecule has 0 aliphatic carbocycles. The number of amidine groups is 1. The van der Waals surface area contributed by atoms with E-state index in [9.17, 15) is 0 Å². The maximum atomic E-state index is 5.46. The molecule has 1 rings (SSSR count). The zero-order valence-electron chi connectivity index (χ0n) is 8.76. The SMILES string of the molecule is COC(C)(C)CC1(C)COC(N)=N1. The first-order valence-corrected chi connectivity index (χ1v) is 4.40. The van der Waals surface area contributed by atoms with Crippen LogP contribution in [0.5, 0.6) is 0 Å². The zero-order chi connectivity index (χ0) is 10.1. The van der Waals surface area contributed by atoms with Gasteiger partial charge in [0.1, 0.15) is 12.1 Å². The molecule has 0 spiro atoms. The van der Waals surface area contributed by atoms with Gasteiger partial charge >= 0.3 is 0 Å². The smallest absolute Gasteiger partial charge is 0.282 e. The molecule has 1 unspecified atom stereocenters. The van der Waals surface area contributed by atoms with Crippen molar-refractivity contribution in [2.24, 2.45) is 10.7 Å². The highest BCUT2D eigenvalue weighted by Gasteiger charge is 2.36. The predicted molar refractivity (Wildman–Crippen MR) is 51.7 cm³/mol. The molecule has 0 aromatic carbocycles. The molecule has 76 valence electrons. The standard InChI is InChI=1S/C9H18N2O2/c1-8(2,12-4)5-9(3)6-13-7(10)11-9/h5-6H2,1-4H3,(H2,10,11). The van der Waals surface area contributed by atoms with Gasteiger partial charge in [-0.05, 0) is 20.8 Å². The topological polar surface area (TPSA) is 56.8 Å². The third kappa shape index (κ3) is 2.59. The summed E-state index contributed by atoms with van der Waals surface area (Å²) in [5, 5.41) is 0. The Hall–Kier alpha value is -0.770. The molecule has 1 heterocycles. The highest BCUT2D eigenvalue weighted by molar-refractivity contribution is 5.73. The summed E-state index contributed by atoms with van der Waals surface area (Å²) in [5.41, 5.74) is 5.04. The van der Waals surface area contributed by atoms with E-state index in [2.05, 4.69) is 4.99 Å². The van der Waals surface area contributed by atoms with Gasteiger partial charge < -0.3 is 15.2 Å². The van der Waals surface area contributed by atoms with Crippen molar-refractivity contribution in [3.05, 3.63) is 0 Å². The molecule has 0 radical (unpaired) electrons. The van der Waals surface area contributed by atoms with Gasteiger partial charge in [-0.3, -0.25) is 0 Å². The van der Waals surface area contributed by atoms with Crippen molar-refractivity contribution in [1.82, 2.24) is 0 Å². The van der Waals surface area contributed by atoms with Crippen LogP contribution in [0.3, 0.4) is 0 Å².